The third-order valence-electron chi connectivity index (χ3n) is 4.52. The molecule has 0 aliphatic carbocycles. The smallest absolute Gasteiger partial charge is 0.162 e. The van der Waals surface area contributed by atoms with Crippen LogP contribution < -0.4 is 0 Å². The predicted octanol–water partition coefficient (Wildman–Crippen LogP) is 4.69. The second-order valence-corrected chi connectivity index (χ2v) is 7.22. The molecule has 4 heteroatoms. The maximum Gasteiger partial charge on any atom is 0.162 e. The molecule has 0 aliphatic rings. The quantitative estimate of drug-likeness (QED) is 0.433. The monoisotopic (exact) mass is 318 g/mol. The lowest BCUT2D eigenvalue weighted by atomic mass is 10.1. The molecule has 23 heavy (non-hydrogen) atoms. The van der Waals surface area contributed by atoms with E-state index in [1.54, 1.807) is 6.26 Å². The Morgan fingerprint density at radius 1 is 0.739 bits per heavy atom. The summed E-state index contributed by atoms with van der Waals surface area (Å²) in [5, 5.41) is 4.61. The summed E-state index contributed by atoms with van der Waals surface area (Å²) in [7, 11) is 0. The third kappa shape index (κ3) is 1.76. The highest BCUT2D eigenvalue weighted by Gasteiger charge is 2.16. The van der Waals surface area contributed by atoms with E-state index in [1.165, 1.54) is 10.8 Å². The summed E-state index contributed by atoms with van der Waals surface area (Å²) in [6.07, 6.45) is 1.73. The summed E-state index contributed by atoms with van der Waals surface area (Å²) in [5.74, 6) is 0. The molecule has 0 saturated heterocycles. The van der Waals surface area contributed by atoms with Crippen LogP contribution in [0, 0.1) is 0 Å². The Bertz CT molecular complexity index is 1200. The molecule has 0 bridgehead atoms. The Hall–Kier alpha value is -2.43. The zero-order valence-corrected chi connectivity index (χ0v) is 13.3. The first-order valence-corrected chi connectivity index (χ1v) is 9.06. The normalized spacial score (nSPS) is 13.5. The van der Waals surface area contributed by atoms with Gasteiger partial charge < -0.3 is 14.5 Å². The van der Waals surface area contributed by atoms with Gasteiger partial charge >= 0.3 is 0 Å². The average Bonchev–Trinajstić information content (AvgIpc) is 3.09. The number of aromatic nitrogens is 2. The van der Waals surface area contributed by atoms with Gasteiger partial charge in [-0.15, -0.1) is 0 Å². The van der Waals surface area contributed by atoms with Crippen molar-refractivity contribution in [1.82, 2.24) is 9.97 Å². The van der Waals surface area contributed by atoms with E-state index in [4.69, 9.17) is 0 Å². The standard InChI is InChI=1S/C19H14N2OS/c1-23(22)18-8-4-7-15-19(18)13-9-12-11-5-2-3-6-14(11)20-16(12)10-17(13)21-15/h2-10,20-21H,1H3. The van der Waals surface area contributed by atoms with Gasteiger partial charge in [-0.3, -0.25) is 0 Å². The van der Waals surface area contributed by atoms with Crippen LogP contribution in [0.3, 0.4) is 0 Å². The molecule has 112 valence electrons. The summed E-state index contributed by atoms with van der Waals surface area (Å²) in [4.78, 5) is 7.81. The molecular formula is C19H14N2OS. The third-order valence-corrected chi connectivity index (χ3v) is 5.48. The van der Waals surface area contributed by atoms with Crippen molar-refractivity contribution in [2.24, 2.45) is 0 Å². The van der Waals surface area contributed by atoms with E-state index in [-0.39, 0.29) is 0 Å². The molecule has 0 spiro atoms. The zero-order valence-electron chi connectivity index (χ0n) is 12.5. The fourth-order valence-electron chi connectivity index (χ4n) is 3.51. The molecule has 0 saturated carbocycles. The number of hydrogen-bond acceptors (Lipinski definition) is 1. The number of benzene rings is 3. The highest BCUT2D eigenvalue weighted by Crippen LogP contribution is 2.35. The first-order valence-electron chi connectivity index (χ1n) is 7.51. The van der Waals surface area contributed by atoms with Crippen molar-refractivity contribution < 1.29 is 4.55 Å². The van der Waals surface area contributed by atoms with Crippen LogP contribution in [-0.4, -0.2) is 20.8 Å². The van der Waals surface area contributed by atoms with Gasteiger partial charge in [-0.05, 0) is 41.5 Å². The molecule has 0 aliphatic heterocycles. The zero-order chi connectivity index (χ0) is 15.6. The van der Waals surface area contributed by atoms with Crippen molar-refractivity contribution in [3.05, 3.63) is 54.6 Å². The van der Waals surface area contributed by atoms with Gasteiger partial charge in [-0.25, -0.2) is 0 Å². The summed E-state index contributed by atoms with van der Waals surface area (Å²) >= 11 is -1.02. The Morgan fingerprint density at radius 2 is 1.48 bits per heavy atom. The first-order chi connectivity index (χ1) is 11.2. The van der Waals surface area contributed by atoms with Gasteiger partial charge in [0, 0.05) is 32.7 Å². The van der Waals surface area contributed by atoms with Gasteiger partial charge in [0.1, 0.15) is 6.26 Å². The second kappa shape index (κ2) is 4.54. The molecule has 0 amide bonds. The van der Waals surface area contributed by atoms with Gasteiger partial charge in [-0.2, -0.15) is 0 Å². The summed E-state index contributed by atoms with van der Waals surface area (Å²) in [6.45, 7) is 0. The minimum Gasteiger partial charge on any atom is -0.612 e. The highest BCUT2D eigenvalue weighted by atomic mass is 32.2. The van der Waals surface area contributed by atoms with Crippen LogP contribution in [0.1, 0.15) is 0 Å². The largest absolute Gasteiger partial charge is 0.612 e. The molecular weight excluding hydrogens is 304 g/mol. The molecule has 0 radical (unpaired) electrons. The topological polar surface area (TPSA) is 54.6 Å². The van der Waals surface area contributed by atoms with Crippen molar-refractivity contribution in [3.8, 4) is 0 Å². The van der Waals surface area contributed by atoms with Crippen LogP contribution in [0.2, 0.25) is 0 Å². The number of aromatic amines is 2. The Labute approximate surface area is 135 Å². The average molecular weight is 318 g/mol. The fourth-order valence-corrected chi connectivity index (χ4v) is 4.28. The van der Waals surface area contributed by atoms with Crippen LogP contribution in [0.25, 0.3) is 43.6 Å². The molecule has 3 aromatic carbocycles. The Kier molecular flexibility index (Phi) is 2.57. The van der Waals surface area contributed by atoms with Gasteiger partial charge in [-0.1, -0.05) is 24.3 Å². The molecule has 3 nitrogen and oxygen atoms in total. The SMILES string of the molecule is C[S+]([O-])c1cccc2[nH]c3cc4[nH]c5ccccc5c4cc3c12. The lowest BCUT2D eigenvalue weighted by Gasteiger charge is -2.05. The number of hydrogen-bond donors (Lipinski definition) is 2. The van der Waals surface area contributed by atoms with Crippen LogP contribution in [0.5, 0.6) is 0 Å². The van der Waals surface area contributed by atoms with Crippen molar-refractivity contribution in [3.63, 3.8) is 0 Å². The van der Waals surface area contributed by atoms with Crippen LogP contribution in [0.15, 0.2) is 59.5 Å². The van der Waals surface area contributed by atoms with Gasteiger partial charge in [0.15, 0.2) is 4.90 Å². The van der Waals surface area contributed by atoms with Crippen LogP contribution in [0.4, 0.5) is 0 Å². The first kappa shape index (κ1) is 13.0. The summed E-state index contributed by atoms with van der Waals surface area (Å²) < 4.78 is 12.1. The lowest BCUT2D eigenvalue weighted by Crippen LogP contribution is -1.97. The molecule has 2 N–H and O–H groups in total. The number of rotatable bonds is 1. The summed E-state index contributed by atoms with van der Waals surface area (Å²) in [5.41, 5.74) is 4.35. The van der Waals surface area contributed by atoms with Gasteiger partial charge in [0.2, 0.25) is 0 Å². The van der Waals surface area contributed by atoms with Crippen LogP contribution in [-0.2, 0) is 11.2 Å². The molecule has 1 unspecified atom stereocenters. The fraction of sp³-hybridized carbons (Fsp3) is 0.0526. The van der Waals surface area contributed by atoms with E-state index in [0.29, 0.717) is 0 Å². The summed E-state index contributed by atoms with van der Waals surface area (Å²) in [6, 6.07) is 18.6. The number of H-pyrrole nitrogens is 2. The maximum absolute atomic E-state index is 12.1. The second-order valence-electron chi connectivity index (χ2n) is 5.87. The molecule has 5 aromatic rings. The van der Waals surface area contributed by atoms with E-state index in [1.807, 2.05) is 24.3 Å². The van der Waals surface area contributed by atoms with Crippen molar-refractivity contribution in [2.45, 2.75) is 4.90 Å². The predicted molar refractivity (Wildman–Crippen MR) is 97.5 cm³/mol. The highest BCUT2D eigenvalue weighted by molar-refractivity contribution is 7.91. The number of nitrogens with one attached hydrogen (secondary N) is 2. The molecule has 1 atom stereocenters. The molecule has 2 aromatic heterocycles. The van der Waals surface area contributed by atoms with Crippen molar-refractivity contribution >= 4 is 54.8 Å². The minimum absolute atomic E-state index is 0.882. The van der Waals surface area contributed by atoms with E-state index in [2.05, 4.69) is 40.3 Å². The minimum atomic E-state index is -1.02. The maximum atomic E-state index is 12.1. The molecule has 0 fully saturated rings. The lowest BCUT2D eigenvalue weighted by molar-refractivity contribution is 0.601. The van der Waals surface area contributed by atoms with Crippen LogP contribution >= 0.6 is 0 Å². The van der Waals surface area contributed by atoms with Gasteiger partial charge in [0.05, 0.1) is 10.9 Å². The van der Waals surface area contributed by atoms with Gasteiger partial charge in [0.25, 0.3) is 0 Å². The van der Waals surface area contributed by atoms with Crippen molar-refractivity contribution in [2.75, 3.05) is 6.26 Å². The molecule has 5 rings (SSSR count). The Morgan fingerprint density at radius 3 is 2.35 bits per heavy atom. The number of fused-ring (bicyclic) bond motifs is 6. The van der Waals surface area contributed by atoms with E-state index in [9.17, 15) is 4.55 Å². The van der Waals surface area contributed by atoms with Crippen molar-refractivity contribution in [1.29, 1.82) is 0 Å². The van der Waals surface area contributed by atoms with E-state index >= 15 is 0 Å². The van der Waals surface area contributed by atoms with E-state index < -0.39 is 11.2 Å². The number of para-hydroxylation sites is 1. The molecule has 2 heterocycles. The van der Waals surface area contributed by atoms with E-state index in [0.717, 1.165) is 37.7 Å². The Balaban J connectivity index is 2.00.